The lowest BCUT2D eigenvalue weighted by molar-refractivity contribution is 0.103. The van der Waals surface area contributed by atoms with Crippen LogP contribution in [0.25, 0.3) is 0 Å². The summed E-state index contributed by atoms with van der Waals surface area (Å²) in [5, 5.41) is 0. The van der Waals surface area contributed by atoms with Crippen molar-refractivity contribution >= 4 is 13.2 Å². The number of fused-ring (bicyclic) bond motifs is 3. The first-order valence-electron chi connectivity index (χ1n) is 7.59. The summed E-state index contributed by atoms with van der Waals surface area (Å²) < 4.78 is 0. The maximum Gasteiger partial charge on any atom is 0.243 e. The van der Waals surface area contributed by atoms with Crippen LogP contribution in [0.1, 0.15) is 22.3 Å². The van der Waals surface area contributed by atoms with Crippen LogP contribution in [0.5, 0.6) is 0 Å². The summed E-state index contributed by atoms with van der Waals surface area (Å²) in [5.74, 6) is 0.243. The Hall–Kier alpha value is -1.39. The Kier molecular flexibility index (Phi) is 3.01. The molecule has 0 amide bonds. The zero-order valence-corrected chi connectivity index (χ0v) is 11.7. The van der Waals surface area contributed by atoms with Gasteiger partial charge in [-0.05, 0) is 30.4 Å². The highest BCUT2D eigenvalue weighted by atomic mass is 16.1. The standard InChI is InChI=1S/C16H19BN2O/c20-16-14-4-2-1-3-12(14)5-6-15(16)17-19-10-9-18-8-7-13(19)11-18/h1-4,6,13,17H,5,7-11H2. The van der Waals surface area contributed by atoms with Crippen LogP contribution in [0.15, 0.2) is 35.8 Å². The lowest BCUT2D eigenvalue weighted by atomic mass is 9.70. The molecule has 4 rings (SSSR count). The predicted octanol–water partition coefficient (Wildman–Crippen LogP) is 1.05. The van der Waals surface area contributed by atoms with Gasteiger partial charge in [-0.3, -0.25) is 4.79 Å². The van der Waals surface area contributed by atoms with E-state index in [1.54, 1.807) is 0 Å². The SMILES string of the molecule is O=C1C(BN2CCN3CCC2C3)=CCc2ccccc21. The summed E-state index contributed by atoms with van der Waals surface area (Å²) in [6.45, 7) is 4.69. The fraction of sp³-hybridized carbons (Fsp3) is 0.438. The van der Waals surface area contributed by atoms with E-state index in [1.165, 1.54) is 25.1 Å². The first-order valence-corrected chi connectivity index (χ1v) is 7.59. The highest BCUT2D eigenvalue weighted by molar-refractivity contribution is 6.54. The van der Waals surface area contributed by atoms with E-state index in [-0.39, 0.29) is 5.78 Å². The van der Waals surface area contributed by atoms with Crippen molar-refractivity contribution in [1.82, 2.24) is 9.71 Å². The normalized spacial score (nSPS) is 29.0. The molecule has 20 heavy (non-hydrogen) atoms. The Labute approximate surface area is 120 Å². The van der Waals surface area contributed by atoms with Gasteiger partial charge >= 0.3 is 0 Å². The van der Waals surface area contributed by atoms with E-state index in [9.17, 15) is 4.79 Å². The molecule has 2 saturated heterocycles. The maximum absolute atomic E-state index is 12.6. The van der Waals surface area contributed by atoms with Crippen molar-refractivity contribution in [3.05, 3.63) is 46.9 Å². The Bertz CT molecular complexity index is 584. The molecule has 3 nitrogen and oxygen atoms in total. The van der Waals surface area contributed by atoms with Crippen LogP contribution in [0.4, 0.5) is 0 Å². The van der Waals surface area contributed by atoms with Crippen molar-refractivity contribution in [3.8, 4) is 0 Å². The van der Waals surface area contributed by atoms with Gasteiger partial charge in [0.1, 0.15) is 0 Å². The third-order valence-corrected chi connectivity index (χ3v) is 4.96. The van der Waals surface area contributed by atoms with E-state index in [4.69, 9.17) is 0 Å². The summed E-state index contributed by atoms with van der Waals surface area (Å²) in [4.78, 5) is 17.6. The van der Waals surface area contributed by atoms with Crippen LogP contribution in [0.3, 0.4) is 0 Å². The second kappa shape index (κ2) is 4.87. The zero-order valence-electron chi connectivity index (χ0n) is 11.7. The van der Waals surface area contributed by atoms with Gasteiger partial charge in [0.15, 0.2) is 5.78 Å². The molecule has 1 aromatic rings. The van der Waals surface area contributed by atoms with Gasteiger partial charge in [0.05, 0.1) is 0 Å². The average Bonchev–Trinajstić information content (AvgIpc) is 2.87. The van der Waals surface area contributed by atoms with Crippen molar-refractivity contribution in [2.45, 2.75) is 18.9 Å². The van der Waals surface area contributed by atoms with E-state index in [1.807, 2.05) is 18.2 Å². The van der Waals surface area contributed by atoms with Gasteiger partial charge < -0.3 is 9.71 Å². The first kappa shape index (κ1) is 12.4. The second-order valence-corrected chi connectivity index (χ2v) is 6.13. The van der Waals surface area contributed by atoms with Crippen molar-refractivity contribution in [3.63, 3.8) is 0 Å². The first-order chi connectivity index (χ1) is 9.81. The molecule has 3 aliphatic rings. The van der Waals surface area contributed by atoms with Crippen LogP contribution >= 0.6 is 0 Å². The fourth-order valence-electron chi connectivity index (χ4n) is 3.75. The minimum Gasteiger partial charge on any atom is -0.336 e. The number of Topliss-reactive ketones (excluding diaryl/α,β-unsaturated/α-hetero) is 1. The summed E-state index contributed by atoms with van der Waals surface area (Å²) in [7, 11) is 0.839. The Balaban J connectivity index is 1.53. The molecular weight excluding hydrogens is 247 g/mol. The maximum atomic E-state index is 12.6. The number of carbonyl (C=O) groups is 1. The molecule has 0 spiro atoms. The number of carbonyl (C=O) groups excluding carboxylic acids is 1. The number of rotatable bonds is 2. The Morgan fingerprint density at radius 2 is 2.05 bits per heavy atom. The number of hydrogen-bond donors (Lipinski definition) is 0. The summed E-state index contributed by atoms with van der Waals surface area (Å²) in [6, 6.07) is 8.68. The quantitative estimate of drug-likeness (QED) is 0.748. The predicted molar refractivity (Wildman–Crippen MR) is 81.3 cm³/mol. The Morgan fingerprint density at radius 1 is 1.15 bits per heavy atom. The molecule has 2 atom stereocenters. The van der Waals surface area contributed by atoms with Crippen molar-refractivity contribution in [2.75, 3.05) is 26.2 Å². The highest BCUT2D eigenvalue weighted by Crippen LogP contribution is 2.24. The molecule has 2 unspecified atom stereocenters. The number of piperazine rings is 1. The average molecular weight is 266 g/mol. The lowest BCUT2D eigenvalue weighted by Gasteiger charge is -2.34. The number of hydrogen-bond acceptors (Lipinski definition) is 3. The fourth-order valence-corrected chi connectivity index (χ4v) is 3.75. The zero-order chi connectivity index (χ0) is 13.5. The minimum absolute atomic E-state index is 0.243. The molecule has 0 N–H and O–H groups in total. The van der Waals surface area contributed by atoms with E-state index in [2.05, 4.69) is 21.9 Å². The van der Waals surface area contributed by atoms with Gasteiger partial charge in [-0.2, -0.15) is 0 Å². The minimum atomic E-state index is 0.243. The van der Waals surface area contributed by atoms with Crippen molar-refractivity contribution in [2.24, 2.45) is 0 Å². The van der Waals surface area contributed by atoms with E-state index >= 15 is 0 Å². The molecule has 0 radical (unpaired) electrons. The van der Waals surface area contributed by atoms with Crippen LogP contribution in [0, 0.1) is 0 Å². The van der Waals surface area contributed by atoms with Gasteiger partial charge in [-0.1, -0.05) is 30.3 Å². The smallest absolute Gasteiger partial charge is 0.243 e. The largest absolute Gasteiger partial charge is 0.336 e. The third-order valence-electron chi connectivity index (χ3n) is 4.96. The summed E-state index contributed by atoms with van der Waals surface area (Å²) >= 11 is 0. The molecule has 2 aliphatic heterocycles. The van der Waals surface area contributed by atoms with E-state index in [0.717, 1.165) is 38.0 Å². The van der Waals surface area contributed by atoms with Crippen LogP contribution in [-0.4, -0.2) is 55.1 Å². The molecule has 2 fully saturated rings. The Morgan fingerprint density at radius 3 is 3.00 bits per heavy atom. The summed E-state index contributed by atoms with van der Waals surface area (Å²) in [5.41, 5.74) is 3.09. The molecule has 1 aliphatic carbocycles. The van der Waals surface area contributed by atoms with Gasteiger partial charge in [-0.15, -0.1) is 0 Å². The van der Waals surface area contributed by atoms with Gasteiger partial charge in [-0.25, -0.2) is 0 Å². The molecule has 0 saturated carbocycles. The van der Waals surface area contributed by atoms with Crippen LogP contribution in [-0.2, 0) is 6.42 Å². The molecule has 2 bridgehead atoms. The number of allylic oxidation sites excluding steroid dienone is 2. The van der Waals surface area contributed by atoms with Crippen molar-refractivity contribution < 1.29 is 4.79 Å². The lowest BCUT2D eigenvalue weighted by Crippen LogP contribution is -2.49. The topological polar surface area (TPSA) is 23.6 Å². The van der Waals surface area contributed by atoms with Gasteiger partial charge in [0.2, 0.25) is 7.41 Å². The summed E-state index contributed by atoms with van der Waals surface area (Å²) in [6.07, 6.45) is 4.31. The monoisotopic (exact) mass is 266 g/mol. The van der Waals surface area contributed by atoms with Gasteiger partial charge in [0.25, 0.3) is 0 Å². The van der Waals surface area contributed by atoms with E-state index < -0.39 is 0 Å². The molecule has 0 aromatic heterocycles. The number of benzene rings is 1. The molecule has 4 heteroatoms. The number of ketones is 1. The van der Waals surface area contributed by atoms with Gasteiger partial charge in [0, 0.05) is 31.2 Å². The second-order valence-electron chi connectivity index (χ2n) is 6.13. The third kappa shape index (κ3) is 2.04. The van der Waals surface area contributed by atoms with Crippen molar-refractivity contribution in [1.29, 1.82) is 0 Å². The molecule has 2 heterocycles. The molecular formula is C16H19BN2O. The van der Waals surface area contributed by atoms with Crippen LogP contribution < -0.4 is 0 Å². The van der Waals surface area contributed by atoms with Crippen LogP contribution in [0.2, 0.25) is 0 Å². The molecule has 1 aromatic carbocycles. The van der Waals surface area contributed by atoms with E-state index in [0.29, 0.717) is 6.04 Å². The highest BCUT2D eigenvalue weighted by Gasteiger charge is 2.34. The number of nitrogens with zero attached hydrogens (tertiary/aromatic N) is 2. The molecule has 102 valence electrons.